The van der Waals surface area contributed by atoms with Crippen LogP contribution in [0.3, 0.4) is 0 Å². The van der Waals surface area contributed by atoms with Crippen molar-refractivity contribution >= 4 is 11.7 Å². The van der Waals surface area contributed by atoms with Crippen molar-refractivity contribution in [2.45, 2.75) is 26.8 Å². The molecule has 0 spiro atoms. The maximum Gasteiger partial charge on any atom is 0.257 e. The molecule has 1 amide bonds. The Bertz CT molecular complexity index is 609. The molecule has 0 aliphatic carbocycles. The molecule has 7 nitrogen and oxygen atoms in total. The smallest absolute Gasteiger partial charge is 0.257 e. The van der Waals surface area contributed by atoms with Gasteiger partial charge in [-0.3, -0.25) is 9.89 Å². The first kappa shape index (κ1) is 15.0. The molecule has 2 aromatic heterocycles. The maximum atomic E-state index is 12.5. The van der Waals surface area contributed by atoms with Crippen molar-refractivity contribution in [3.05, 3.63) is 35.5 Å². The Morgan fingerprint density at radius 2 is 2.29 bits per heavy atom. The molecule has 2 rings (SSSR count). The predicted molar refractivity (Wildman–Crippen MR) is 79.9 cm³/mol. The van der Waals surface area contributed by atoms with Crippen LogP contribution >= 0.6 is 0 Å². The number of hydrogen-bond donors (Lipinski definition) is 2. The fourth-order valence-corrected chi connectivity index (χ4v) is 1.91. The summed E-state index contributed by atoms with van der Waals surface area (Å²) >= 11 is 0. The summed E-state index contributed by atoms with van der Waals surface area (Å²) in [5.74, 6) is 1.83. The number of nitrogens with zero attached hydrogens (tertiary/aromatic N) is 4. The second-order valence-corrected chi connectivity index (χ2v) is 4.82. The van der Waals surface area contributed by atoms with E-state index in [1.54, 1.807) is 30.3 Å². The number of aromatic amines is 1. The minimum atomic E-state index is -0.107. The van der Waals surface area contributed by atoms with Crippen molar-refractivity contribution in [1.29, 1.82) is 0 Å². The van der Waals surface area contributed by atoms with E-state index >= 15 is 0 Å². The lowest BCUT2D eigenvalue weighted by Crippen LogP contribution is -2.28. The lowest BCUT2D eigenvalue weighted by Gasteiger charge is -2.17. The average molecular weight is 288 g/mol. The van der Waals surface area contributed by atoms with E-state index in [-0.39, 0.29) is 5.91 Å². The third-order valence-electron chi connectivity index (χ3n) is 2.95. The highest BCUT2D eigenvalue weighted by Crippen LogP contribution is 2.14. The summed E-state index contributed by atoms with van der Waals surface area (Å²) in [4.78, 5) is 22.5. The highest BCUT2D eigenvalue weighted by molar-refractivity contribution is 5.98. The molecule has 0 unspecified atom stereocenters. The summed E-state index contributed by atoms with van der Waals surface area (Å²) in [6.45, 7) is 5.02. The number of aromatic nitrogens is 4. The van der Waals surface area contributed by atoms with E-state index in [0.29, 0.717) is 23.8 Å². The summed E-state index contributed by atoms with van der Waals surface area (Å²) in [5, 5.41) is 9.98. The second kappa shape index (κ2) is 6.83. The number of anilines is 1. The normalized spacial score (nSPS) is 10.4. The fourth-order valence-electron chi connectivity index (χ4n) is 1.91. The Kier molecular flexibility index (Phi) is 4.86. The molecule has 2 aromatic rings. The zero-order valence-corrected chi connectivity index (χ0v) is 12.6. The summed E-state index contributed by atoms with van der Waals surface area (Å²) < 4.78 is 0. The van der Waals surface area contributed by atoms with Gasteiger partial charge in [-0.2, -0.15) is 5.10 Å². The Labute approximate surface area is 123 Å². The van der Waals surface area contributed by atoms with E-state index in [1.807, 2.05) is 6.92 Å². The Morgan fingerprint density at radius 1 is 1.48 bits per heavy atom. The van der Waals surface area contributed by atoms with Gasteiger partial charge in [0.25, 0.3) is 5.91 Å². The Morgan fingerprint density at radius 3 is 2.95 bits per heavy atom. The number of carbonyl (C=O) groups excluding carboxylic acids is 1. The molecule has 0 saturated heterocycles. The zero-order chi connectivity index (χ0) is 15.2. The molecule has 112 valence electrons. The molecule has 0 aliphatic rings. The largest absolute Gasteiger partial charge is 0.369 e. The first-order valence-corrected chi connectivity index (χ1v) is 6.94. The van der Waals surface area contributed by atoms with Crippen molar-refractivity contribution in [2.75, 3.05) is 18.9 Å². The highest BCUT2D eigenvalue weighted by atomic mass is 16.2. The van der Waals surface area contributed by atoms with Crippen molar-refractivity contribution in [2.24, 2.45) is 0 Å². The molecule has 0 radical (unpaired) electrons. The van der Waals surface area contributed by atoms with Gasteiger partial charge in [-0.15, -0.1) is 0 Å². The third kappa shape index (κ3) is 3.77. The van der Waals surface area contributed by atoms with Crippen LogP contribution in [0.5, 0.6) is 0 Å². The van der Waals surface area contributed by atoms with E-state index < -0.39 is 0 Å². The van der Waals surface area contributed by atoms with Crippen molar-refractivity contribution < 1.29 is 4.79 Å². The molecule has 0 fully saturated rings. The van der Waals surface area contributed by atoms with E-state index in [0.717, 1.165) is 18.8 Å². The number of pyridine rings is 1. The van der Waals surface area contributed by atoms with Crippen LogP contribution < -0.4 is 5.32 Å². The monoisotopic (exact) mass is 288 g/mol. The van der Waals surface area contributed by atoms with E-state index in [2.05, 4.69) is 32.4 Å². The second-order valence-electron chi connectivity index (χ2n) is 4.82. The number of carbonyl (C=O) groups is 1. The summed E-state index contributed by atoms with van der Waals surface area (Å²) in [7, 11) is 1.73. The van der Waals surface area contributed by atoms with Gasteiger partial charge in [0.15, 0.2) is 5.82 Å². The van der Waals surface area contributed by atoms with Crippen LogP contribution in [0.1, 0.15) is 35.4 Å². The van der Waals surface area contributed by atoms with Crippen LogP contribution in [0.2, 0.25) is 0 Å². The minimum absolute atomic E-state index is 0.107. The molecular formula is C14H20N6O. The standard InChI is InChI=1S/C14H20N6O/c1-4-7-15-13-11(6-5-8-16-13)14(21)20(3)9-12-17-10(2)18-19-12/h5-6,8H,4,7,9H2,1-3H3,(H,15,16)(H,17,18,19). The van der Waals surface area contributed by atoms with Crippen molar-refractivity contribution in [3.8, 4) is 0 Å². The van der Waals surface area contributed by atoms with Crippen LogP contribution in [0.15, 0.2) is 18.3 Å². The Balaban J connectivity index is 2.11. The Hall–Kier alpha value is -2.44. The summed E-state index contributed by atoms with van der Waals surface area (Å²) in [6, 6.07) is 3.53. The van der Waals surface area contributed by atoms with Crippen molar-refractivity contribution in [3.63, 3.8) is 0 Å². The average Bonchev–Trinajstić information content (AvgIpc) is 2.89. The van der Waals surface area contributed by atoms with Crippen molar-refractivity contribution in [1.82, 2.24) is 25.1 Å². The number of hydrogen-bond acceptors (Lipinski definition) is 5. The van der Waals surface area contributed by atoms with Gasteiger partial charge in [0.1, 0.15) is 11.6 Å². The van der Waals surface area contributed by atoms with Crippen LogP contribution in [-0.4, -0.2) is 44.6 Å². The third-order valence-corrected chi connectivity index (χ3v) is 2.95. The van der Waals surface area contributed by atoms with Crippen LogP contribution in [0.4, 0.5) is 5.82 Å². The van der Waals surface area contributed by atoms with Crippen LogP contribution in [0.25, 0.3) is 0 Å². The topological polar surface area (TPSA) is 86.8 Å². The number of amides is 1. The minimum Gasteiger partial charge on any atom is -0.369 e. The SMILES string of the molecule is CCCNc1ncccc1C(=O)N(C)Cc1n[nH]c(C)n1. The van der Waals surface area contributed by atoms with Gasteiger partial charge in [0.05, 0.1) is 12.1 Å². The molecule has 2 N–H and O–H groups in total. The van der Waals surface area contributed by atoms with Crippen LogP contribution in [0, 0.1) is 6.92 Å². The highest BCUT2D eigenvalue weighted by Gasteiger charge is 2.17. The van der Waals surface area contributed by atoms with Gasteiger partial charge < -0.3 is 10.2 Å². The molecular weight excluding hydrogens is 268 g/mol. The molecule has 7 heteroatoms. The zero-order valence-electron chi connectivity index (χ0n) is 12.6. The number of nitrogens with one attached hydrogen (secondary N) is 2. The van der Waals surface area contributed by atoms with Gasteiger partial charge in [-0.05, 0) is 25.5 Å². The first-order valence-electron chi connectivity index (χ1n) is 6.94. The van der Waals surface area contributed by atoms with Gasteiger partial charge >= 0.3 is 0 Å². The predicted octanol–water partition coefficient (Wildman–Crippen LogP) is 1.60. The number of aryl methyl sites for hydroxylation is 1. The quantitative estimate of drug-likeness (QED) is 0.843. The molecule has 0 aliphatic heterocycles. The van der Waals surface area contributed by atoms with E-state index in [4.69, 9.17) is 0 Å². The summed E-state index contributed by atoms with van der Waals surface area (Å²) in [6.07, 6.45) is 2.64. The molecule has 0 saturated carbocycles. The lowest BCUT2D eigenvalue weighted by atomic mass is 10.2. The molecule has 0 bridgehead atoms. The van der Waals surface area contributed by atoms with Gasteiger partial charge in [0, 0.05) is 19.8 Å². The van der Waals surface area contributed by atoms with Gasteiger partial charge in [-0.1, -0.05) is 6.92 Å². The van der Waals surface area contributed by atoms with E-state index in [9.17, 15) is 4.79 Å². The number of rotatable bonds is 6. The molecule has 2 heterocycles. The summed E-state index contributed by atoms with van der Waals surface area (Å²) in [5.41, 5.74) is 0.556. The maximum absolute atomic E-state index is 12.5. The molecule has 21 heavy (non-hydrogen) atoms. The van der Waals surface area contributed by atoms with Gasteiger partial charge in [0.2, 0.25) is 0 Å². The van der Waals surface area contributed by atoms with Crippen LogP contribution in [-0.2, 0) is 6.54 Å². The first-order chi connectivity index (χ1) is 10.1. The number of H-pyrrole nitrogens is 1. The fraction of sp³-hybridized carbons (Fsp3) is 0.429. The molecule has 0 atom stereocenters. The van der Waals surface area contributed by atoms with Gasteiger partial charge in [-0.25, -0.2) is 9.97 Å². The lowest BCUT2D eigenvalue weighted by molar-refractivity contribution is 0.0782. The van der Waals surface area contributed by atoms with E-state index in [1.165, 1.54) is 0 Å². The molecule has 0 aromatic carbocycles.